The Bertz CT molecular complexity index is 540. The molecule has 0 amide bonds. The van der Waals surface area contributed by atoms with Gasteiger partial charge in [-0.05, 0) is 52.9 Å². The van der Waals surface area contributed by atoms with Crippen molar-refractivity contribution in [3.8, 4) is 0 Å². The fourth-order valence-electron chi connectivity index (χ4n) is 2.49. The number of halogens is 1. The van der Waals surface area contributed by atoms with E-state index in [-0.39, 0.29) is 11.7 Å². The van der Waals surface area contributed by atoms with Crippen molar-refractivity contribution in [2.45, 2.75) is 32.1 Å². The first kappa shape index (κ1) is 14.7. The van der Waals surface area contributed by atoms with Gasteiger partial charge in [0.05, 0.1) is 11.4 Å². The molecule has 3 N–H and O–H groups in total. The molecule has 0 heterocycles. The number of nitrogen functional groups attached to an aromatic ring is 1. The summed E-state index contributed by atoms with van der Waals surface area (Å²) in [6.45, 7) is 0. The minimum Gasteiger partial charge on any atom is -0.399 e. The van der Waals surface area contributed by atoms with Crippen molar-refractivity contribution in [1.82, 2.24) is 0 Å². The fourth-order valence-corrected chi connectivity index (χ4v) is 4.51. The van der Waals surface area contributed by atoms with Crippen molar-refractivity contribution in [3.63, 3.8) is 0 Å². The van der Waals surface area contributed by atoms with Crippen LogP contribution in [0.3, 0.4) is 0 Å². The smallest absolute Gasteiger partial charge is 0.233 e. The zero-order valence-electron chi connectivity index (χ0n) is 10.7. The van der Waals surface area contributed by atoms with Crippen molar-refractivity contribution in [3.05, 3.63) is 22.7 Å². The molecule has 4 nitrogen and oxygen atoms in total. The number of nitrogens with two attached hydrogens (primary N) is 1. The Morgan fingerprint density at radius 3 is 2.63 bits per heavy atom. The molecule has 1 aliphatic rings. The maximum absolute atomic E-state index is 12.2. The van der Waals surface area contributed by atoms with Crippen LogP contribution < -0.4 is 10.5 Å². The van der Waals surface area contributed by atoms with Crippen LogP contribution in [-0.4, -0.2) is 14.2 Å². The molecule has 1 fully saturated rings. The Labute approximate surface area is 122 Å². The van der Waals surface area contributed by atoms with Crippen LogP contribution in [0, 0.1) is 5.92 Å². The normalized spacial score (nSPS) is 17.3. The van der Waals surface area contributed by atoms with Crippen LogP contribution >= 0.6 is 15.9 Å². The lowest BCUT2D eigenvalue weighted by Crippen LogP contribution is -2.24. The second-order valence-electron chi connectivity index (χ2n) is 5.13. The summed E-state index contributed by atoms with van der Waals surface area (Å²) in [5.74, 6) is 0.486. The third kappa shape index (κ3) is 4.38. The standard InChI is InChI=1S/C13H19BrN2O2S/c14-12-7-6-11(15)8-13(12)16-19(17,18)9-10-4-2-1-3-5-10/h6-8,10,16H,1-5,9,15H2. The van der Waals surface area contributed by atoms with Crippen LogP contribution in [0.15, 0.2) is 22.7 Å². The van der Waals surface area contributed by atoms with Crippen LogP contribution in [0.5, 0.6) is 0 Å². The minimum absolute atomic E-state index is 0.203. The number of hydrogen-bond donors (Lipinski definition) is 2. The quantitative estimate of drug-likeness (QED) is 0.821. The lowest BCUT2D eigenvalue weighted by atomic mass is 9.91. The molecule has 6 heteroatoms. The monoisotopic (exact) mass is 346 g/mol. The molecule has 0 radical (unpaired) electrons. The van der Waals surface area contributed by atoms with E-state index in [2.05, 4.69) is 20.7 Å². The molecule has 0 saturated heterocycles. The van der Waals surface area contributed by atoms with Gasteiger partial charge in [-0.1, -0.05) is 19.3 Å². The predicted molar refractivity (Wildman–Crippen MR) is 82.5 cm³/mol. The highest BCUT2D eigenvalue weighted by Crippen LogP contribution is 2.28. The highest BCUT2D eigenvalue weighted by atomic mass is 79.9. The second kappa shape index (κ2) is 6.13. The molecule has 1 aromatic carbocycles. The molecule has 0 spiro atoms. The molecule has 2 rings (SSSR count). The molecule has 0 aliphatic heterocycles. The molecule has 0 aromatic heterocycles. The van der Waals surface area contributed by atoms with Gasteiger partial charge >= 0.3 is 0 Å². The van der Waals surface area contributed by atoms with E-state index in [0.29, 0.717) is 15.8 Å². The first-order valence-corrected chi connectivity index (χ1v) is 8.96. The summed E-state index contributed by atoms with van der Waals surface area (Å²) in [6.07, 6.45) is 5.53. The van der Waals surface area contributed by atoms with Gasteiger partial charge in [-0.25, -0.2) is 8.42 Å². The molecule has 19 heavy (non-hydrogen) atoms. The van der Waals surface area contributed by atoms with E-state index < -0.39 is 10.0 Å². The molecule has 106 valence electrons. The number of sulfonamides is 1. The number of anilines is 2. The van der Waals surface area contributed by atoms with E-state index in [1.54, 1.807) is 18.2 Å². The van der Waals surface area contributed by atoms with Gasteiger partial charge in [-0.15, -0.1) is 0 Å². The third-order valence-corrected chi connectivity index (χ3v) is 5.57. The van der Waals surface area contributed by atoms with E-state index >= 15 is 0 Å². The summed E-state index contributed by atoms with van der Waals surface area (Å²) < 4.78 is 27.6. The maximum atomic E-state index is 12.2. The first-order valence-electron chi connectivity index (χ1n) is 6.52. The van der Waals surface area contributed by atoms with Gasteiger partial charge in [-0.3, -0.25) is 4.72 Å². The van der Waals surface area contributed by atoms with E-state index in [1.807, 2.05) is 0 Å². The molecule has 1 aromatic rings. The van der Waals surface area contributed by atoms with E-state index in [4.69, 9.17) is 5.73 Å². The van der Waals surface area contributed by atoms with Gasteiger partial charge in [-0.2, -0.15) is 0 Å². The van der Waals surface area contributed by atoms with Crippen LogP contribution in [0.2, 0.25) is 0 Å². The second-order valence-corrected chi connectivity index (χ2v) is 7.75. The summed E-state index contributed by atoms with van der Waals surface area (Å²) >= 11 is 3.33. The summed E-state index contributed by atoms with van der Waals surface area (Å²) in [6, 6.07) is 5.10. The summed E-state index contributed by atoms with van der Waals surface area (Å²) in [4.78, 5) is 0. The highest BCUT2D eigenvalue weighted by Gasteiger charge is 2.21. The molecule has 1 saturated carbocycles. The first-order chi connectivity index (χ1) is 8.96. The van der Waals surface area contributed by atoms with Crippen molar-refractivity contribution in [2.24, 2.45) is 5.92 Å². The Morgan fingerprint density at radius 1 is 1.26 bits per heavy atom. The number of nitrogens with one attached hydrogen (secondary N) is 1. The molecule has 1 aliphatic carbocycles. The predicted octanol–water partition coefficient (Wildman–Crippen LogP) is 3.35. The zero-order chi connectivity index (χ0) is 13.9. The van der Waals surface area contributed by atoms with Crippen molar-refractivity contribution in [2.75, 3.05) is 16.2 Å². The van der Waals surface area contributed by atoms with Crippen molar-refractivity contribution in [1.29, 1.82) is 0 Å². The summed E-state index contributed by atoms with van der Waals surface area (Å²) in [7, 11) is -3.31. The zero-order valence-corrected chi connectivity index (χ0v) is 13.1. The molecule has 0 bridgehead atoms. The molecule has 0 atom stereocenters. The Kier molecular flexibility index (Phi) is 4.73. The molecular formula is C13H19BrN2O2S. The Balaban J connectivity index is 2.05. The maximum Gasteiger partial charge on any atom is 0.233 e. The van der Waals surface area contributed by atoms with Gasteiger partial charge in [0.25, 0.3) is 0 Å². The van der Waals surface area contributed by atoms with Gasteiger partial charge < -0.3 is 5.73 Å². The largest absolute Gasteiger partial charge is 0.399 e. The highest BCUT2D eigenvalue weighted by molar-refractivity contribution is 9.10. The SMILES string of the molecule is Nc1ccc(Br)c(NS(=O)(=O)CC2CCCCC2)c1. The lowest BCUT2D eigenvalue weighted by Gasteiger charge is -2.21. The lowest BCUT2D eigenvalue weighted by molar-refractivity contribution is 0.385. The van der Waals surface area contributed by atoms with Gasteiger partial charge in [0.2, 0.25) is 10.0 Å². The van der Waals surface area contributed by atoms with Gasteiger partial charge in [0.1, 0.15) is 0 Å². The van der Waals surface area contributed by atoms with E-state index in [9.17, 15) is 8.42 Å². The van der Waals surface area contributed by atoms with Crippen LogP contribution in [0.25, 0.3) is 0 Å². The average molecular weight is 347 g/mol. The van der Waals surface area contributed by atoms with E-state index in [0.717, 1.165) is 25.7 Å². The van der Waals surface area contributed by atoms with Crippen LogP contribution in [0.4, 0.5) is 11.4 Å². The number of hydrogen-bond acceptors (Lipinski definition) is 3. The van der Waals surface area contributed by atoms with Gasteiger partial charge in [0, 0.05) is 10.2 Å². The average Bonchev–Trinajstić information content (AvgIpc) is 2.34. The third-order valence-electron chi connectivity index (χ3n) is 3.44. The van der Waals surface area contributed by atoms with Crippen molar-refractivity contribution < 1.29 is 8.42 Å². The molecule has 0 unspecified atom stereocenters. The Morgan fingerprint density at radius 2 is 1.95 bits per heavy atom. The fraction of sp³-hybridized carbons (Fsp3) is 0.538. The minimum atomic E-state index is -3.31. The van der Waals surface area contributed by atoms with Gasteiger partial charge in [0.15, 0.2) is 0 Å². The summed E-state index contributed by atoms with van der Waals surface area (Å²) in [5, 5.41) is 0. The van der Waals surface area contributed by atoms with Crippen LogP contribution in [0.1, 0.15) is 32.1 Å². The number of benzene rings is 1. The topological polar surface area (TPSA) is 72.2 Å². The van der Waals surface area contributed by atoms with Crippen molar-refractivity contribution >= 4 is 37.3 Å². The number of rotatable bonds is 4. The van der Waals surface area contributed by atoms with Crippen LogP contribution in [-0.2, 0) is 10.0 Å². The summed E-state index contributed by atoms with van der Waals surface area (Å²) in [5.41, 5.74) is 6.73. The van der Waals surface area contributed by atoms with E-state index in [1.165, 1.54) is 6.42 Å². The molecular weight excluding hydrogens is 328 g/mol. The Hall–Kier alpha value is -0.750.